The van der Waals surface area contributed by atoms with Gasteiger partial charge in [-0.1, -0.05) is 24.8 Å². The Balaban J connectivity index is 2.26. The summed E-state index contributed by atoms with van der Waals surface area (Å²) in [7, 11) is 0. The first-order valence-corrected chi connectivity index (χ1v) is 7.24. The van der Waals surface area contributed by atoms with Gasteiger partial charge in [-0.25, -0.2) is 13.8 Å². The Labute approximate surface area is 121 Å². The Morgan fingerprint density at radius 3 is 2.75 bits per heavy atom. The second-order valence-corrected chi connectivity index (χ2v) is 5.42. The monoisotopic (exact) mass is 294 g/mol. The van der Waals surface area contributed by atoms with Crippen LogP contribution in [0.4, 0.5) is 8.78 Å². The number of nitrogens with one attached hydrogen (secondary N) is 1. The standard InChI is InChI=1S/C15H16F2N2S/c1-3-18-10(2)12-5-4-8-19-15(12)20-11-6-7-13(16)14(17)9-11/h4-10,18H,3H2,1-2H3. The number of pyridine rings is 1. The molecule has 2 nitrogen and oxygen atoms in total. The Morgan fingerprint density at radius 2 is 2.05 bits per heavy atom. The van der Waals surface area contributed by atoms with Crippen LogP contribution in [0.2, 0.25) is 0 Å². The van der Waals surface area contributed by atoms with Crippen LogP contribution in [0.3, 0.4) is 0 Å². The van der Waals surface area contributed by atoms with Crippen molar-refractivity contribution in [2.45, 2.75) is 29.8 Å². The lowest BCUT2D eigenvalue weighted by Gasteiger charge is -2.15. The lowest BCUT2D eigenvalue weighted by molar-refractivity contribution is 0.506. The van der Waals surface area contributed by atoms with E-state index in [1.54, 1.807) is 12.3 Å². The summed E-state index contributed by atoms with van der Waals surface area (Å²) in [5.41, 5.74) is 1.05. The zero-order chi connectivity index (χ0) is 14.5. The quantitative estimate of drug-likeness (QED) is 0.895. The first-order valence-electron chi connectivity index (χ1n) is 6.43. The molecule has 1 unspecified atom stereocenters. The molecule has 0 aliphatic heterocycles. The van der Waals surface area contributed by atoms with Crippen molar-refractivity contribution in [2.24, 2.45) is 0 Å². The van der Waals surface area contributed by atoms with Crippen LogP contribution in [0.25, 0.3) is 0 Å². The maximum absolute atomic E-state index is 13.2. The molecule has 0 fully saturated rings. The maximum atomic E-state index is 13.2. The van der Waals surface area contributed by atoms with Crippen molar-refractivity contribution >= 4 is 11.8 Å². The summed E-state index contributed by atoms with van der Waals surface area (Å²) < 4.78 is 26.2. The average molecular weight is 294 g/mol. The fraction of sp³-hybridized carbons (Fsp3) is 0.267. The second kappa shape index (κ2) is 6.81. The SMILES string of the molecule is CCNC(C)c1cccnc1Sc1ccc(F)c(F)c1. The number of hydrogen-bond acceptors (Lipinski definition) is 3. The molecule has 0 spiro atoms. The molecule has 5 heteroatoms. The van der Waals surface area contributed by atoms with Crippen LogP contribution < -0.4 is 5.32 Å². The molecule has 2 rings (SSSR count). The van der Waals surface area contributed by atoms with Crippen LogP contribution in [0.1, 0.15) is 25.5 Å². The molecule has 0 bridgehead atoms. The van der Waals surface area contributed by atoms with Crippen molar-refractivity contribution in [1.29, 1.82) is 0 Å². The summed E-state index contributed by atoms with van der Waals surface area (Å²) in [4.78, 5) is 4.97. The summed E-state index contributed by atoms with van der Waals surface area (Å²) in [6.07, 6.45) is 1.70. The zero-order valence-electron chi connectivity index (χ0n) is 11.4. The summed E-state index contributed by atoms with van der Waals surface area (Å²) >= 11 is 1.33. The molecule has 1 aromatic heterocycles. The third kappa shape index (κ3) is 3.55. The molecule has 1 N–H and O–H groups in total. The maximum Gasteiger partial charge on any atom is 0.159 e. The van der Waals surface area contributed by atoms with Gasteiger partial charge in [0, 0.05) is 22.7 Å². The fourth-order valence-corrected chi connectivity index (χ4v) is 2.88. The summed E-state index contributed by atoms with van der Waals surface area (Å²) in [6, 6.07) is 7.90. The van der Waals surface area contributed by atoms with Gasteiger partial charge < -0.3 is 5.32 Å². The molecule has 0 aliphatic carbocycles. The number of nitrogens with zero attached hydrogens (tertiary/aromatic N) is 1. The highest BCUT2D eigenvalue weighted by atomic mass is 32.2. The van der Waals surface area contributed by atoms with E-state index in [2.05, 4.69) is 17.2 Å². The van der Waals surface area contributed by atoms with Crippen molar-refractivity contribution in [3.05, 3.63) is 53.7 Å². The van der Waals surface area contributed by atoms with Gasteiger partial charge >= 0.3 is 0 Å². The van der Waals surface area contributed by atoms with E-state index in [0.29, 0.717) is 4.90 Å². The van der Waals surface area contributed by atoms with Crippen molar-refractivity contribution < 1.29 is 8.78 Å². The number of aromatic nitrogens is 1. The minimum atomic E-state index is -0.841. The van der Waals surface area contributed by atoms with Crippen molar-refractivity contribution in [3.8, 4) is 0 Å². The molecule has 0 saturated heterocycles. The van der Waals surface area contributed by atoms with Gasteiger partial charge in [-0.2, -0.15) is 0 Å². The van der Waals surface area contributed by atoms with E-state index in [9.17, 15) is 8.78 Å². The molecule has 1 heterocycles. The molecule has 0 radical (unpaired) electrons. The Kier molecular flexibility index (Phi) is 5.09. The summed E-state index contributed by atoms with van der Waals surface area (Å²) in [5, 5.41) is 4.12. The topological polar surface area (TPSA) is 24.9 Å². The van der Waals surface area contributed by atoms with Crippen LogP contribution in [0, 0.1) is 11.6 Å². The van der Waals surface area contributed by atoms with Crippen LogP contribution in [-0.2, 0) is 0 Å². The van der Waals surface area contributed by atoms with Crippen molar-refractivity contribution in [3.63, 3.8) is 0 Å². The van der Waals surface area contributed by atoms with Gasteiger partial charge in [0.2, 0.25) is 0 Å². The van der Waals surface area contributed by atoms with Gasteiger partial charge in [-0.15, -0.1) is 0 Å². The van der Waals surface area contributed by atoms with E-state index < -0.39 is 11.6 Å². The average Bonchev–Trinajstić information content (AvgIpc) is 2.44. The number of benzene rings is 1. The van der Waals surface area contributed by atoms with Crippen LogP contribution >= 0.6 is 11.8 Å². The normalized spacial score (nSPS) is 12.4. The molecule has 2 aromatic rings. The molecular weight excluding hydrogens is 278 g/mol. The van der Waals surface area contributed by atoms with Gasteiger partial charge in [0.05, 0.1) is 0 Å². The highest BCUT2D eigenvalue weighted by Crippen LogP contribution is 2.32. The van der Waals surface area contributed by atoms with Crippen molar-refractivity contribution in [2.75, 3.05) is 6.54 Å². The second-order valence-electron chi connectivity index (χ2n) is 4.36. The Hall–Kier alpha value is -1.46. The lowest BCUT2D eigenvalue weighted by atomic mass is 10.1. The number of hydrogen-bond donors (Lipinski definition) is 1. The van der Waals surface area contributed by atoms with Gasteiger partial charge in [-0.3, -0.25) is 0 Å². The molecule has 106 valence electrons. The molecule has 0 aliphatic rings. The fourth-order valence-electron chi connectivity index (χ4n) is 1.89. The minimum Gasteiger partial charge on any atom is -0.310 e. The van der Waals surface area contributed by atoms with Crippen LogP contribution in [0.15, 0.2) is 46.5 Å². The molecule has 1 atom stereocenters. The number of halogens is 2. The smallest absolute Gasteiger partial charge is 0.159 e. The zero-order valence-corrected chi connectivity index (χ0v) is 12.2. The van der Waals surface area contributed by atoms with Crippen LogP contribution in [-0.4, -0.2) is 11.5 Å². The molecule has 0 saturated carbocycles. The third-order valence-corrected chi connectivity index (χ3v) is 3.91. The van der Waals surface area contributed by atoms with E-state index in [1.165, 1.54) is 17.8 Å². The lowest BCUT2D eigenvalue weighted by Crippen LogP contribution is -2.18. The first-order chi connectivity index (χ1) is 9.61. The predicted octanol–water partition coefficient (Wildman–Crippen LogP) is 4.18. The van der Waals surface area contributed by atoms with Crippen LogP contribution in [0.5, 0.6) is 0 Å². The van der Waals surface area contributed by atoms with E-state index in [0.717, 1.165) is 23.2 Å². The van der Waals surface area contributed by atoms with E-state index in [4.69, 9.17) is 0 Å². The highest BCUT2D eigenvalue weighted by molar-refractivity contribution is 7.99. The molecule has 20 heavy (non-hydrogen) atoms. The summed E-state index contributed by atoms with van der Waals surface area (Å²) in [5.74, 6) is -1.68. The predicted molar refractivity (Wildman–Crippen MR) is 76.8 cm³/mol. The minimum absolute atomic E-state index is 0.154. The first kappa shape index (κ1) is 14.9. The van der Waals surface area contributed by atoms with Gasteiger partial charge in [0.15, 0.2) is 11.6 Å². The van der Waals surface area contributed by atoms with Gasteiger partial charge in [0.1, 0.15) is 5.03 Å². The van der Waals surface area contributed by atoms with Gasteiger partial charge in [0.25, 0.3) is 0 Å². The van der Waals surface area contributed by atoms with E-state index in [-0.39, 0.29) is 6.04 Å². The summed E-state index contributed by atoms with van der Waals surface area (Å²) in [6.45, 7) is 4.94. The largest absolute Gasteiger partial charge is 0.310 e. The van der Waals surface area contributed by atoms with E-state index >= 15 is 0 Å². The molecular formula is C15H16F2N2S. The molecule has 0 amide bonds. The highest BCUT2D eigenvalue weighted by Gasteiger charge is 2.12. The number of rotatable bonds is 5. The molecule has 1 aromatic carbocycles. The third-order valence-electron chi connectivity index (χ3n) is 2.88. The van der Waals surface area contributed by atoms with Gasteiger partial charge in [-0.05, 0) is 37.7 Å². The Morgan fingerprint density at radius 1 is 1.25 bits per heavy atom. The van der Waals surface area contributed by atoms with Crippen molar-refractivity contribution in [1.82, 2.24) is 10.3 Å². The Bertz CT molecular complexity index is 590. The van der Waals surface area contributed by atoms with E-state index in [1.807, 2.05) is 19.1 Å².